The van der Waals surface area contributed by atoms with Crippen molar-refractivity contribution in [3.8, 4) is 5.13 Å². The smallest absolute Gasteiger partial charge is 0.354 e. The van der Waals surface area contributed by atoms with Crippen molar-refractivity contribution in [2.24, 2.45) is 0 Å². The van der Waals surface area contributed by atoms with Crippen LogP contribution in [-0.2, 0) is 11.2 Å². The molecule has 0 saturated heterocycles. The van der Waals surface area contributed by atoms with Gasteiger partial charge >= 0.3 is 11.7 Å². The largest absolute Gasteiger partial charge is 0.481 e. The maximum absolute atomic E-state index is 12.0. The summed E-state index contributed by atoms with van der Waals surface area (Å²) in [4.78, 5) is 31.9. The van der Waals surface area contributed by atoms with Crippen LogP contribution in [0, 0.1) is 20.8 Å². The molecule has 7 heteroatoms. The molecule has 0 radical (unpaired) electrons. The molecule has 2 rings (SSSR count). The van der Waals surface area contributed by atoms with Crippen molar-refractivity contribution in [3.05, 3.63) is 38.5 Å². The van der Waals surface area contributed by atoms with Crippen molar-refractivity contribution in [3.63, 3.8) is 0 Å². The van der Waals surface area contributed by atoms with Gasteiger partial charge in [0.2, 0.25) is 0 Å². The lowest BCUT2D eigenvalue weighted by atomic mass is 10.1. The lowest BCUT2D eigenvalue weighted by Gasteiger charge is -2.12. The number of nitrogens with zero attached hydrogens (tertiary/aromatic N) is 3. The minimum absolute atomic E-state index is 0.157. The van der Waals surface area contributed by atoms with E-state index >= 15 is 0 Å². The molecule has 0 aliphatic rings. The zero-order valence-corrected chi connectivity index (χ0v) is 11.6. The molecule has 6 nitrogen and oxygen atoms in total. The second-order valence-electron chi connectivity index (χ2n) is 4.20. The number of aryl methyl sites for hydroxylation is 2. The first kappa shape index (κ1) is 13.4. The fourth-order valence-electron chi connectivity index (χ4n) is 1.88. The van der Waals surface area contributed by atoms with Crippen LogP contribution in [0.25, 0.3) is 5.13 Å². The highest BCUT2D eigenvalue weighted by atomic mass is 32.1. The molecule has 0 atom stereocenters. The van der Waals surface area contributed by atoms with Gasteiger partial charge in [-0.25, -0.2) is 14.3 Å². The van der Waals surface area contributed by atoms with Crippen LogP contribution >= 0.6 is 11.3 Å². The second kappa shape index (κ2) is 4.93. The summed E-state index contributed by atoms with van der Waals surface area (Å²) in [5, 5.41) is 9.44. The standard InChI is InChI=1S/C12H13N3O3S/c1-6-5-13-12(19-6)15-8(3)9(4-10(16)17)7(2)14-11(15)18/h5H,4H2,1-3H3,(H,16,17). The topological polar surface area (TPSA) is 85.1 Å². The van der Waals surface area contributed by atoms with Crippen molar-refractivity contribution in [1.82, 2.24) is 14.5 Å². The molecule has 19 heavy (non-hydrogen) atoms. The Morgan fingerprint density at radius 2 is 2.11 bits per heavy atom. The molecule has 0 spiro atoms. The lowest BCUT2D eigenvalue weighted by Crippen LogP contribution is -2.27. The first-order valence-electron chi connectivity index (χ1n) is 5.64. The molecule has 0 aliphatic carbocycles. The Balaban J connectivity index is 2.68. The van der Waals surface area contributed by atoms with Crippen LogP contribution in [-0.4, -0.2) is 25.6 Å². The van der Waals surface area contributed by atoms with Gasteiger partial charge in [0.15, 0.2) is 5.13 Å². The van der Waals surface area contributed by atoms with Crippen LogP contribution < -0.4 is 5.69 Å². The number of aromatic nitrogens is 3. The van der Waals surface area contributed by atoms with E-state index in [0.717, 1.165) is 4.88 Å². The number of thiazole rings is 1. The summed E-state index contributed by atoms with van der Waals surface area (Å²) >= 11 is 1.37. The highest BCUT2D eigenvalue weighted by Crippen LogP contribution is 2.19. The summed E-state index contributed by atoms with van der Waals surface area (Å²) in [7, 11) is 0. The fourth-order valence-corrected chi connectivity index (χ4v) is 2.68. The summed E-state index contributed by atoms with van der Waals surface area (Å²) < 4.78 is 1.36. The molecule has 100 valence electrons. The van der Waals surface area contributed by atoms with E-state index in [4.69, 9.17) is 5.11 Å². The average molecular weight is 279 g/mol. The first-order chi connectivity index (χ1) is 8.90. The number of carboxylic acids is 1. The molecule has 0 fully saturated rings. The second-order valence-corrected chi connectivity index (χ2v) is 5.42. The van der Waals surface area contributed by atoms with Crippen LogP contribution in [0.3, 0.4) is 0 Å². The lowest BCUT2D eigenvalue weighted by molar-refractivity contribution is -0.136. The van der Waals surface area contributed by atoms with Gasteiger partial charge in [-0.1, -0.05) is 0 Å². The van der Waals surface area contributed by atoms with Crippen LogP contribution in [0.2, 0.25) is 0 Å². The quantitative estimate of drug-likeness (QED) is 0.913. The number of aliphatic carboxylic acids is 1. The zero-order chi connectivity index (χ0) is 14.2. The maximum Gasteiger partial charge on any atom is 0.354 e. The van der Waals surface area contributed by atoms with Gasteiger partial charge < -0.3 is 5.11 Å². The third-order valence-electron chi connectivity index (χ3n) is 2.79. The van der Waals surface area contributed by atoms with Crippen LogP contribution in [0.1, 0.15) is 21.8 Å². The molecule has 0 saturated carbocycles. The van der Waals surface area contributed by atoms with Crippen LogP contribution in [0.4, 0.5) is 0 Å². The van der Waals surface area contributed by atoms with Gasteiger partial charge in [0.05, 0.1) is 6.42 Å². The van der Waals surface area contributed by atoms with Gasteiger partial charge in [-0.2, -0.15) is 4.98 Å². The molecular weight excluding hydrogens is 266 g/mol. The summed E-state index contributed by atoms with van der Waals surface area (Å²) in [5.74, 6) is -0.950. The highest BCUT2D eigenvalue weighted by molar-refractivity contribution is 7.14. The van der Waals surface area contributed by atoms with Crippen molar-refractivity contribution >= 4 is 17.3 Å². The Hall–Kier alpha value is -2.02. The first-order valence-corrected chi connectivity index (χ1v) is 6.45. The summed E-state index contributed by atoms with van der Waals surface area (Å²) in [6.07, 6.45) is 1.51. The van der Waals surface area contributed by atoms with Crippen LogP contribution in [0.5, 0.6) is 0 Å². The SMILES string of the molecule is Cc1cnc(-n2c(C)c(CC(=O)O)c(C)nc2=O)s1. The molecule has 0 bridgehead atoms. The molecule has 1 N–H and O–H groups in total. The monoisotopic (exact) mass is 279 g/mol. The van der Waals surface area contributed by atoms with E-state index in [1.807, 2.05) is 6.92 Å². The third-order valence-corrected chi connectivity index (χ3v) is 3.69. The Labute approximate surface area is 113 Å². The maximum atomic E-state index is 12.0. The molecule has 2 aromatic rings. The van der Waals surface area contributed by atoms with Gasteiger partial charge in [0.25, 0.3) is 0 Å². The van der Waals surface area contributed by atoms with E-state index in [0.29, 0.717) is 22.1 Å². The predicted molar refractivity (Wildman–Crippen MR) is 71.1 cm³/mol. The van der Waals surface area contributed by atoms with E-state index < -0.39 is 11.7 Å². The minimum atomic E-state index is -0.950. The molecule has 0 unspecified atom stereocenters. The Morgan fingerprint density at radius 3 is 2.63 bits per heavy atom. The normalized spacial score (nSPS) is 10.7. The number of carboxylic acid groups (broad SMARTS) is 1. The molecule has 2 heterocycles. The summed E-state index contributed by atoms with van der Waals surface area (Å²) in [6, 6.07) is 0. The van der Waals surface area contributed by atoms with Crippen molar-refractivity contribution in [1.29, 1.82) is 0 Å². The number of hydrogen-bond donors (Lipinski definition) is 1. The van der Waals surface area contributed by atoms with Crippen LogP contribution in [0.15, 0.2) is 11.0 Å². The van der Waals surface area contributed by atoms with E-state index in [9.17, 15) is 9.59 Å². The van der Waals surface area contributed by atoms with E-state index in [1.165, 1.54) is 15.9 Å². The van der Waals surface area contributed by atoms with E-state index in [2.05, 4.69) is 9.97 Å². The summed E-state index contributed by atoms with van der Waals surface area (Å²) in [5.41, 5.74) is 1.15. The van der Waals surface area contributed by atoms with Crippen molar-refractivity contribution in [2.45, 2.75) is 27.2 Å². The van der Waals surface area contributed by atoms with Gasteiger partial charge in [-0.3, -0.25) is 4.79 Å². The molecular formula is C12H13N3O3S. The fraction of sp³-hybridized carbons (Fsp3) is 0.333. The number of hydrogen-bond acceptors (Lipinski definition) is 5. The molecule has 0 aliphatic heterocycles. The van der Waals surface area contributed by atoms with E-state index in [-0.39, 0.29) is 6.42 Å². The molecule has 0 amide bonds. The predicted octanol–water partition coefficient (Wildman–Crippen LogP) is 1.24. The number of carbonyl (C=O) groups is 1. The third kappa shape index (κ3) is 2.55. The average Bonchev–Trinajstić information content (AvgIpc) is 2.70. The number of rotatable bonds is 3. The van der Waals surface area contributed by atoms with Gasteiger partial charge in [0, 0.05) is 28.0 Å². The minimum Gasteiger partial charge on any atom is -0.481 e. The van der Waals surface area contributed by atoms with E-state index in [1.54, 1.807) is 20.0 Å². The Kier molecular flexibility index (Phi) is 3.48. The van der Waals surface area contributed by atoms with Crippen molar-refractivity contribution in [2.75, 3.05) is 0 Å². The Bertz CT molecular complexity index is 703. The molecule has 0 aromatic carbocycles. The van der Waals surface area contributed by atoms with Gasteiger partial charge in [-0.15, -0.1) is 11.3 Å². The Morgan fingerprint density at radius 1 is 1.42 bits per heavy atom. The van der Waals surface area contributed by atoms with Gasteiger partial charge in [0.1, 0.15) is 0 Å². The summed E-state index contributed by atoms with van der Waals surface area (Å²) in [6.45, 7) is 5.25. The van der Waals surface area contributed by atoms with Gasteiger partial charge in [-0.05, 0) is 20.8 Å². The molecule has 2 aromatic heterocycles. The van der Waals surface area contributed by atoms with Crippen molar-refractivity contribution < 1.29 is 9.90 Å². The zero-order valence-electron chi connectivity index (χ0n) is 10.8. The highest BCUT2D eigenvalue weighted by Gasteiger charge is 2.16.